The van der Waals surface area contributed by atoms with Gasteiger partial charge in [0, 0.05) is 26.2 Å². The van der Waals surface area contributed by atoms with Crippen LogP contribution in [-0.4, -0.2) is 59.1 Å². The molecule has 7 nitrogen and oxygen atoms in total. The van der Waals surface area contributed by atoms with Crippen molar-refractivity contribution >= 4 is 11.8 Å². The number of fused-ring (bicyclic) bond motifs is 1. The molecule has 1 saturated heterocycles. The number of imidazole rings is 1. The molecule has 2 amide bonds. The van der Waals surface area contributed by atoms with E-state index in [1.165, 1.54) is 0 Å². The van der Waals surface area contributed by atoms with E-state index in [4.69, 9.17) is 4.74 Å². The first-order valence-electron chi connectivity index (χ1n) is 9.28. The first-order chi connectivity index (χ1) is 12.1. The highest BCUT2D eigenvalue weighted by Crippen LogP contribution is 2.24. The second kappa shape index (κ2) is 7.99. The van der Waals surface area contributed by atoms with Crippen LogP contribution in [0.2, 0.25) is 0 Å². The maximum atomic E-state index is 12.7. The molecule has 0 saturated carbocycles. The lowest BCUT2D eigenvalue weighted by Gasteiger charge is -2.32. The Bertz CT molecular complexity index is 622. The lowest BCUT2D eigenvalue weighted by Crippen LogP contribution is -2.45. The molecule has 3 heterocycles. The summed E-state index contributed by atoms with van der Waals surface area (Å²) in [7, 11) is 0. The van der Waals surface area contributed by atoms with Crippen molar-refractivity contribution in [1.82, 2.24) is 19.8 Å². The van der Waals surface area contributed by atoms with Crippen molar-refractivity contribution in [2.45, 2.75) is 39.7 Å². The molecule has 0 radical (unpaired) electrons. The Balaban J connectivity index is 1.62. The van der Waals surface area contributed by atoms with Crippen LogP contribution in [-0.2, 0) is 22.5 Å². The van der Waals surface area contributed by atoms with Gasteiger partial charge in [-0.05, 0) is 18.8 Å². The molecule has 138 valence electrons. The molecule has 1 aromatic heterocycles. The number of hydrogen-bond donors (Lipinski definition) is 1. The van der Waals surface area contributed by atoms with Crippen molar-refractivity contribution in [2.24, 2.45) is 11.8 Å². The number of aromatic nitrogens is 2. The SMILES string of the molecule is CCC(C)CNC(=O)c1ncn2c1CCC(C(=O)N1CCOCC1)C2. The van der Waals surface area contributed by atoms with Crippen molar-refractivity contribution < 1.29 is 14.3 Å². The Labute approximate surface area is 148 Å². The average Bonchev–Trinajstić information content (AvgIpc) is 3.09. The Morgan fingerprint density at radius 3 is 2.88 bits per heavy atom. The smallest absolute Gasteiger partial charge is 0.271 e. The topological polar surface area (TPSA) is 76.5 Å². The monoisotopic (exact) mass is 348 g/mol. The standard InChI is InChI=1S/C18H28N4O3/c1-3-13(2)10-19-17(23)16-15-5-4-14(11-22(15)12-20-16)18(24)21-6-8-25-9-7-21/h12-14H,3-11H2,1-2H3,(H,19,23). The van der Waals surface area contributed by atoms with Crippen LogP contribution in [0.25, 0.3) is 0 Å². The first-order valence-corrected chi connectivity index (χ1v) is 9.28. The number of nitrogens with zero attached hydrogens (tertiary/aromatic N) is 3. The Kier molecular flexibility index (Phi) is 5.73. The van der Waals surface area contributed by atoms with Crippen LogP contribution in [0.3, 0.4) is 0 Å². The zero-order valence-electron chi connectivity index (χ0n) is 15.2. The normalized spacial score (nSPS) is 21.5. The Hall–Kier alpha value is -1.89. The second-order valence-corrected chi connectivity index (χ2v) is 7.09. The van der Waals surface area contributed by atoms with E-state index in [-0.39, 0.29) is 17.7 Å². The van der Waals surface area contributed by atoms with Crippen molar-refractivity contribution in [3.8, 4) is 0 Å². The second-order valence-electron chi connectivity index (χ2n) is 7.09. The molecule has 25 heavy (non-hydrogen) atoms. The van der Waals surface area contributed by atoms with E-state index in [1.54, 1.807) is 6.33 Å². The molecular weight excluding hydrogens is 320 g/mol. The van der Waals surface area contributed by atoms with Crippen LogP contribution in [0.15, 0.2) is 6.33 Å². The minimum Gasteiger partial charge on any atom is -0.378 e. The van der Waals surface area contributed by atoms with E-state index < -0.39 is 0 Å². The van der Waals surface area contributed by atoms with E-state index in [2.05, 4.69) is 24.1 Å². The predicted molar refractivity (Wildman–Crippen MR) is 93.2 cm³/mol. The third kappa shape index (κ3) is 4.03. The maximum Gasteiger partial charge on any atom is 0.271 e. The molecule has 2 aliphatic rings. The molecule has 0 spiro atoms. The van der Waals surface area contributed by atoms with Gasteiger partial charge in [0.25, 0.3) is 5.91 Å². The highest BCUT2D eigenvalue weighted by Gasteiger charge is 2.31. The minimum absolute atomic E-state index is 0.0316. The third-order valence-corrected chi connectivity index (χ3v) is 5.29. The number of hydrogen-bond acceptors (Lipinski definition) is 4. The highest BCUT2D eigenvalue weighted by atomic mass is 16.5. The lowest BCUT2D eigenvalue weighted by molar-refractivity contribution is -0.140. The summed E-state index contributed by atoms with van der Waals surface area (Å²) in [5.74, 6) is 0.520. The number of carbonyl (C=O) groups is 2. The zero-order valence-corrected chi connectivity index (χ0v) is 15.2. The lowest BCUT2D eigenvalue weighted by atomic mass is 9.95. The van der Waals surface area contributed by atoms with Crippen LogP contribution in [0.1, 0.15) is 42.9 Å². The van der Waals surface area contributed by atoms with E-state index in [1.807, 2.05) is 9.47 Å². The summed E-state index contributed by atoms with van der Waals surface area (Å²) in [5.41, 5.74) is 1.47. The molecule has 1 N–H and O–H groups in total. The van der Waals surface area contributed by atoms with Gasteiger partial charge >= 0.3 is 0 Å². The molecule has 2 aliphatic heterocycles. The van der Waals surface area contributed by atoms with Crippen LogP contribution < -0.4 is 5.32 Å². The maximum absolute atomic E-state index is 12.7. The molecule has 3 rings (SSSR count). The third-order valence-electron chi connectivity index (χ3n) is 5.29. The van der Waals surface area contributed by atoms with E-state index in [0.717, 1.165) is 18.5 Å². The molecule has 0 bridgehead atoms. The van der Waals surface area contributed by atoms with Crippen molar-refractivity contribution in [3.63, 3.8) is 0 Å². The average molecular weight is 348 g/mol. The summed E-state index contributed by atoms with van der Waals surface area (Å²) in [4.78, 5) is 31.3. The van der Waals surface area contributed by atoms with Gasteiger partial charge in [-0.3, -0.25) is 9.59 Å². The fraction of sp³-hybridized carbons (Fsp3) is 0.722. The van der Waals surface area contributed by atoms with Crippen LogP contribution in [0, 0.1) is 11.8 Å². The number of rotatable bonds is 5. The van der Waals surface area contributed by atoms with Gasteiger partial charge in [0.05, 0.1) is 31.2 Å². The van der Waals surface area contributed by atoms with Crippen molar-refractivity contribution in [2.75, 3.05) is 32.8 Å². The summed E-state index contributed by atoms with van der Waals surface area (Å²) in [5, 5.41) is 2.97. The van der Waals surface area contributed by atoms with Gasteiger partial charge in [-0.2, -0.15) is 0 Å². The number of ether oxygens (including phenoxy) is 1. The van der Waals surface area contributed by atoms with E-state index >= 15 is 0 Å². The van der Waals surface area contributed by atoms with Gasteiger partial charge < -0.3 is 19.5 Å². The largest absolute Gasteiger partial charge is 0.378 e. The van der Waals surface area contributed by atoms with Crippen molar-refractivity contribution in [3.05, 3.63) is 17.7 Å². The number of nitrogens with one attached hydrogen (secondary N) is 1. The van der Waals surface area contributed by atoms with Crippen LogP contribution in [0.4, 0.5) is 0 Å². The fourth-order valence-electron chi connectivity index (χ4n) is 3.39. The molecule has 0 aromatic carbocycles. The Morgan fingerprint density at radius 1 is 1.40 bits per heavy atom. The van der Waals surface area contributed by atoms with E-state index in [9.17, 15) is 9.59 Å². The van der Waals surface area contributed by atoms with Crippen molar-refractivity contribution in [1.29, 1.82) is 0 Å². The minimum atomic E-state index is -0.105. The van der Waals surface area contributed by atoms with Gasteiger partial charge in [-0.1, -0.05) is 20.3 Å². The molecular formula is C18H28N4O3. The van der Waals surface area contributed by atoms with Gasteiger partial charge in [0.1, 0.15) is 5.69 Å². The summed E-state index contributed by atoms with van der Waals surface area (Å²) in [6.45, 7) is 8.10. The predicted octanol–water partition coefficient (Wildman–Crippen LogP) is 1.08. The fourth-order valence-corrected chi connectivity index (χ4v) is 3.39. The number of carbonyl (C=O) groups excluding carboxylic acids is 2. The molecule has 2 atom stereocenters. The summed E-state index contributed by atoms with van der Waals surface area (Å²) < 4.78 is 7.29. The number of amides is 2. The number of morpholine rings is 1. The van der Waals surface area contributed by atoms with E-state index in [0.29, 0.717) is 57.4 Å². The molecule has 7 heteroatoms. The summed E-state index contributed by atoms with van der Waals surface area (Å²) in [6, 6.07) is 0. The zero-order chi connectivity index (χ0) is 17.8. The van der Waals surface area contributed by atoms with Crippen LogP contribution >= 0.6 is 0 Å². The van der Waals surface area contributed by atoms with Gasteiger partial charge in [0.15, 0.2) is 0 Å². The molecule has 1 fully saturated rings. The molecule has 0 aliphatic carbocycles. The Morgan fingerprint density at radius 2 is 2.16 bits per heavy atom. The highest BCUT2D eigenvalue weighted by molar-refractivity contribution is 5.93. The van der Waals surface area contributed by atoms with Crippen LogP contribution in [0.5, 0.6) is 0 Å². The van der Waals surface area contributed by atoms with Gasteiger partial charge in [-0.25, -0.2) is 4.98 Å². The van der Waals surface area contributed by atoms with Gasteiger partial charge in [0.2, 0.25) is 5.91 Å². The molecule has 1 aromatic rings. The summed E-state index contributed by atoms with van der Waals surface area (Å²) in [6.07, 6.45) is 4.22. The molecule has 2 unspecified atom stereocenters. The summed E-state index contributed by atoms with van der Waals surface area (Å²) >= 11 is 0. The first kappa shape index (κ1) is 17.9. The quantitative estimate of drug-likeness (QED) is 0.864. The van der Waals surface area contributed by atoms with Gasteiger partial charge in [-0.15, -0.1) is 0 Å².